The smallest absolute Gasteiger partial charge is 0.262 e. The zero-order chi connectivity index (χ0) is 24.3. The maximum absolute atomic E-state index is 12.8. The van der Waals surface area contributed by atoms with Gasteiger partial charge in [0.2, 0.25) is 0 Å². The fourth-order valence-electron chi connectivity index (χ4n) is 3.92. The summed E-state index contributed by atoms with van der Waals surface area (Å²) in [4.78, 5) is 12.8. The number of hydrogen-bond acceptors (Lipinski definition) is 6. The highest BCUT2D eigenvalue weighted by Crippen LogP contribution is 2.30. The van der Waals surface area contributed by atoms with Crippen LogP contribution in [0.3, 0.4) is 0 Å². The number of nitrogens with zero attached hydrogens (tertiary/aromatic N) is 3. The molecule has 4 rings (SSSR count). The van der Waals surface area contributed by atoms with Gasteiger partial charge in [-0.3, -0.25) is 4.79 Å². The number of para-hydroxylation sites is 1. The first-order chi connectivity index (χ1) is 16.3. The van der Waals surface area contributed by atoms with Crippen LogP contribution in [0, 0.1) is 18.3 Å². The van der Waals surface area contributed by atoms with E-state index in [0.717, 1.165) is 16.8 Å². The molecule has 1 N–H and O–H groups in total. The molecule has 2 aromatic carbocycles. The van der Waals surface area contributed by atoms with Crippen molar-refractivity contribution in [2.75, 3.05) is 18.6 Å². The number of methoxy groups -OCH3 is 1. The van der Waals surface area contributed by atoms with E-state index in [0.29, 0.717) is 23.4 Å². The normalized spacial score (nSPS) is 17.2. The molecule has 1 aromatic heterocycles. The van der Waals surface area contributed by atoms with Crippen molar-refractivity contribution in [3.05, 3.63) is 71.4 Å². The molecular weight excluding hydrogens is 452 g/mol. The summed E-state index contributed by atoms with van der Waals surface area (Å²) in [6.45, 7) is 1.94. The molecule has 1 aliphatic rings. The van der Waals surface area contributed by atoms with Crippen molar-refractivity contribution in [2.45, 2.75) is 19.4 Å². The Morgan fingerprint density at radius 1 is 1.26 bits per heavy atom. The third-order valence-electron chi connectivity index (χ3n) is 5.68. The highest BCUT2D eigenvalue weighted by Gasteiger charge is 2.29. The monoisotopic (exact) mass is 476 g/mol. The fraction of sp³-hybridized carbons (Fsp3) is 0.240. The van der Waals surface area contributed by atoms with Crippen LogP contribution in [0.5, 0.6) is 5.75 Å². The Morgan fingerprint density at radius 3 is 2.65 bits per heavy atom. The van der Waals surface area contributed by atoms with E-state index in [9.17, 15) is 18.5 Å². The third-order valence-corrected chi connectivity index (χ3v) is 7.45. The van der Waals surface area contributed by atoms with Gasteiger partial charge >= 0.3 is 0 Å². The summed E-state index contributed by atoms with van der Waals surface area (Å²) in [7, 11) is -1.56. The second-order valence-corrected chi connectivity index (χ2v) is 10.4. The number of carbonyl (C=O) groups excluding carboxylic acids is 1. The summed E-state index contributed by atoms with van der Waals surface area (Å²) in [5.74, 6) is 0.0347. The van der Waals surface area contributed by atoms with Gasteiger partial charge in [0.25, 0.3) is 5.91 Å². The predicted molar refractivity (Wildman–Crippen MR) is 129 cm³/mol. The Labute approximate surface area is 198 Å². The molecule has 1 amide bonds. The van der Waals surface area contributed by atoms with Gasteiger partial charge in [-0.05, 0) is 55.3 Å². The Balaban J connectivity index is 1.74. The number of sulfone groups is 1. The Kier molecular flexibility index (Phi) is 6.52. The zero-order valence-corrected chi connectivity index (χ0v) is 19.7. The Hall–Kier alpha value is -3.90. The minimum Gasteiger partial charge on any atom is -0.497 e. The number of hydrogen-bond donors (Lipinski definition) is 1. The van der Waals surface area contributed by atoms with Crippen molar-refractivity contribution in [3.8, 4) is 28.8 Å². The van der Waals surface area contributed by atoms with E-state index in [-0.39, 0.29) is 17.1 Å². The van der Waals surface area contributed by atoms with E-state index in [2.05, 4.69) is 5.32 Å². The number of carbonyl (C=O) groups is 1. The van der Waals surface area contributed by atoms with Crippen LogP contribution < -0.4 is 10.1 Å². The highest BCUT2D eigenvalue weighted by molar-refractivity contribution is 7.91. The van der Waals surface area contributed by atoms with Crippen molar-refractivity contribution >= 4 is 21.8 Å². The summed E-state index contributed by atoms with van der Waals surface area (Å²) >= 11 is 0. The predicted octanol–water partition coefficient (Wildman–Crippen LogP) is 3.07. The fourth-order valence-corrected chi connectivity index (χ4v) is 5.59. The SMILES string of the molecule is COc1ccc(-c2nn(-c3ccccc3)cc2/C=C(\C#N)C(=O)NC2CCS(=O)(=O)C2)c(C)c1. The molecular formula is C25H24N4O4S. The molecule has 0 radical (unpaired) electrons. The number of rotatable bonds is 6. The molecule has 1 fully saturated rings. The van der Waals surface area contributed by atoms with E-state index < -0.39 is 21.8 Å². The lowest BCUT2D eigenvalue weighted by Gasteiger charge is -2.10. The van der Waals surface area contributed by atoms with Gasteiger partial charge in [0.05, 0.1) is 24.3 Å². The van der Waals surface area contributed by atoms with Gasteiger partial charge in [-0.1, -0.05) is 18.2 Å². The molecule has 0 spiro atoms. The van der Waals surface area contributed by atoms with Crippen LogP contribution in [-0.2, 0) is 14.6 Å². The largest absolute Gasteiger partial charge is 0.497 e. The van der Waals surface area contributed by atoms with E-state index in [1.807, 2.05) is 61.5 Å². The molecule has 2 heterocycles. The molecule has 1 unspecified atom stereocenters. The quantitative estimate of drug-likeness (QED) is 0.432. The Morgan fingerprint density at radius 2 is 2.03 bits per heavy atom. The number of aromatic nitrogens is 2. The summed E-state index contributed by atoms with van der Waals surface area (Å²) in [5.41, 5.74) is 3.65. The summed E-state index contributed by atoms with van der Waals surface area (Å²) in [6, 6.07) is 16.6. The lowest BCUT2D eigenvalue weighted by atomic mass is 10.0. The number of amides is 1. The van der Waals surface area contributed by atoms with Crippen LogP contribution in [0.4, 0.5) is 0 Å². The van der Waals surface area contributed by atoms with Gasteiger partial charge in [-0.15, -0.1) is 0 Å². The molecule has 174 valence electrons. The van der Waals surface area contributed by atoms with Gasteiger partial charge in [-0.2, -0.15) is 10.4 Å². The lowest BCUT2D eigenvalue weighted by Crippen LogP contribution is -2.36. The van der Waals surface area contributed by atoms with Crippen molar-refractivity contribution in [1.29, 1.82) is 5.26 Å². The number of nitriles is 1. The minimum absolute atomic E-state index is 0.0360. The molecule has 9 heteroatoms. The summed E-state index contributed by atoms with van der Waals surface area (Å²) in [6.07, 6.45) is 3.60. The molecule has 0 aliphatic carbocycles. The first-order valence-corrected chi connectivity index (χ1v) is 12.5. The molecule has 0 saturated carbocycles. The molecule has 1 saturated heterocycles. The summed E-state index contributed by atoms with van der Waals surface area (Å²) < 4.78 is 30.4. The van der Waals surface area contributed by atoms with Crippen LogP contribution in [-0.4, -0.2) is 48.8 Å². The van der Waals surface area contributed by atoms with Gasteiger partial charge < -0.3 is 10.1 Å². The van der Waals surface area contributed by atoms with Crippen LogP contribution in [0.2, 0.25) is 0 Å². The second-order valence-electron chi connectivity index (χ2n) is 8.14. The average molecular weight is 477 g/mol. The van der Waals surface area contributed by atoms with E-state index in [1.54, 1.807) is 18.0 Å². The minimum atomic E-state index is -3.15. The van der Waals surface area contributed by atoms with Gasteiger partial charge in [-0.25, -0.2) is 13.1 Å². The third kappa shape index (κ3) is 5.02. The van der Waals surface area contributed by atoms with Crippen molar-refractivity contribution in [1.82, 2.24) is 15.1 Å². The van der Waals surface area contributed by atoms with Gasteiger partial charge in [0.1, 0.15) is 23.1 Å². The molecule has 1 atom stereocenters. The van der Waals surface area contributed by atoms with Crippen molar-refractivity contribution in [3.63, 3.8) is 0 Å². The number of ether oxygens (including phenoxy) is 1. The van der Waals surface area contributed by atoms with E-state index >= 15 is 0 Å². The molecule has 0 bridgehead atoms. The van der Waals surface area contributed by atoms with Crippen molar-refractivity contribution in [2.24, 2.45) is 0 Å². The molecule has 8 nitrogen and oxygen atoms in total. The van der Waals surface area contributed by atoms with Crippen LogP contribution in [0.25, 0.3) is 23.0 Å². The maximum Gasteiger partial charge on any atom is 0.262 e. The van der Waals surface area contributed by atoms with Crippen molar-refractivity contribution < 1.29 is 17.9 Å². The topological polar surface area (TPSA) is 114 Å². The first-order valence-electron chi connectivity index (χ1n) is 10.7. The number of aryl methyl sites for hydroxylation is 1. The van der Waals surface area contributed by atoms with Gasteiger partial charge in [0, 0.05) is 23.4 Å². The Bertz CT molecular complexity index is 1400. The first kappa shape index (κ1) is 23.3. The van der Waals surface area contributed by atoms with Crippen LogP contribution >= 0.6 is 0 Å². The molecule has 34 heavy (non-hydrogen) atoms. The van der Waals surface area contributed by atoms with E-state index in [1.165, 1.54) is 6.08 Å². The van der Waals surface area contributed by atoms with Gasteiger partial charge in [0.15, 0.2) is 9.84 Å². The van der Waals surface area contributed by atoms with Crippen LogP contribution in [0.1, 0.15) is 17.5 Å². The molecule has 1 aliphatic heterocycles. The zero-order valence-electron chi connectivity index (χ0n) is 18.9. The molecule has 3 aromatic rings. The second kappa shape index (κ2) is 9.53. The van der Waals surface area contributed by atoms with E-state index in [4.69, 9.17) is 9.84 Å². The van der Waals surface area contributed by atoms with Crippen LogP contribution in [0.15, 0.2) is 60.3 Å². The summed E-state index contributed by atoms with van der Waals surface area (Å²) in [5, 5.41) is 17.1. The highest BCUT2D eigenvalue weighted by atomic mass is 32.2. The standard InChI is InChI=1S/C25H24N4O4S/c1-17-12-22(33-2)8-9-23(17)24-19(15-29(28-24)21-6-4-3-5-7-21)13-18(14-26)25(30)27-20-10-11-34(31,32)16-20/h3-9,12-13,15,20H,10-11,16H2,1-2H3,(H,27,30)/b18-13+. The lowest BCUT2D eigenvalue weighted by molar-refractivity contribution is -0.117. The maximum atomic E-state index is 12.8. The average Bonchev–Trinajstić information content (AvgIpc) is 3.40. The number of benzene rings is 2. The number of nitrogens with one attached hydrogen (secondary N) is 1.